The van der Waals surface area contributed by atoms with Crippen molar-refractivity contribution in [3.05, 3.63) is 42.2 Å². The largest absolute Gasteiger partial charge is 0.382 e. The number of nitrogens with one attached hydrogen (secondary N) is 1. The van der Waals surface area contributed by atoms with Gasteiger partial charge in [0.1, 0.15) is 0 Å². The molecule has 0 bridgehead atoms. The highest BCUT2D eigenvalue weighted by Crippen LogP contribution is 2.29. The number of benzene rings is 1. The molecule has 0 spiro atoms. The second-order valence-corrected chi connectivity index (χ2v) is 4.07. The average Bonchev–Trinajstić information content (AvgIpc) is 2.76. The summed E-state index contributed by atoms with van der Waals surface area (Å²) in [5.74, 6) is 0.468. The molecule has 3 aromatic rings. The number of aromatic amines is 1. The van der Waals surface area contributed by atoms with Gasteiger partial charge >= 0.3 is 0 Å². The Morgan fingerprint density at radius 1 is 1.24 bits per heavy atom. The van der Waals surface area contributed by atoms with Crippen LogP contribution in [-0.4, -0.2) is 15.2 Å². The molecule has 2 heterocycles. The van der Waals surface area contributed by atoms with E-state index < -0.39 is 0 Å². The Bertz CT molecular complexity index is 664. The first-order chi connectivity index (χ1) is 8.25. The number of rotatable bonds is 1. The first-order valence-electron chi connectivity index (χ1n) is 5.41. The van der Waals surface area contributed by atoms with Crippen molar-refractivity contribution in [3.63, 3.8) is 0 Å². The molecule has 0 aliphatic heterocycles. The second-order valence-electron chi connectivity index (χ2n) is 4.07. The molecule has 0 saturated carbocycles. The monoisotopic (exact) mass is 224 g/mol. The van der Waals surface area contributed by atoms with Crippen LogP contribution in [0.15, 0.2) is 36.7 Å². The number of hydrogen-bond donors (Lipinski definition) is 2. The number of nitrogens with zero attached hydrogens (tertiary/aromatic N) is 2. The van der Waals surface area contributed by atoms with E-state index in [-0.39, 0.29) is 0 Å². The van der Waals surface area contributed by atoms with E-state index in [1.54, 1.807) is 6.20 Å². The first-order valence-corrected chi connectivity index (χ1v) is 5.41. The highest BCUT2D eigenvalue weighted by molar-refractivity contribution is 5.87. The van der Waals surface area contributed by atoms with Crippen molar-refractivity contribution in [1.29, 1.82) is 0 Å². The zero-order valence-electron chi connectivity index (χ0n) is 9.44. The van der Waals surface area contributed by atoms with Crippen LogP contribution in [0, 0.1) is 6.92 Å². The molecule has 0 fully saturated rings. The summed E-state index contributed by atoms with van der Waals surface area (Å²) in [7, 11) is 0. The van der Waals surface area contributed by atoms with Crippen molar-refractivity contribution >= 4 is 16.7 Å². The normalized spacial score (nSPS) is 10.9. The van der Waals surface area contributed by atoms with Crippen molar-refractivity contribution in [3.8, 4) is 11.1 Å². The molecular weight excluding hydrogens is 212 g/mol. The minimum Gasteiger partial charge on any atom is -0.382 e. The van der Waals surface area contributed by atoms with E-state index in [4.69, 9.17) is 5.73 Å². The molecule has 0 atom stereocenters. The summed E-state index contributed by atoms with van der Waals surface area (Å²) in [6, 6.07) is 8.24. The quantitative estimate of drug-likeness (QED) is 0.667. The molecule has 3 N–H and O–H groups in total. The summed E-state index contributed by atoms with van der Waals surface area (Å²) in [4.78, 5) is 3.19. The van der Waals surface area contributed by atoms with Gasteiger partial charge in [0.15, 0.2) is 5.82 Å². The van der Waals surface area contributed by atoms with Gasteiger partial charge in [-0.25, -0.2) is 0 Å². The zero-order valence-corrected chi connectivity index (χ0v) is 9.44. The third-order valence-electron chi connectivity index (χ3n) is 2.91. The number of hydrogen-bond acceptors (Lipinski definition) is 3. The van der Waals surface area contributed by atoms with E-state index in [0.29, 0.717) is 5.82 Å². The highest BCUT2D eigenvalue weighted by Gasteiger charge is 2.08. The van der Waals surface area contributed by atoms with Gasteiger partial charge in [0, 0.05) is 17.3 Å². The summed E-state index contributed by atoms with van der Waals surface area (Å²) in [5, 5.41) is 8.93. The van der Waals surface area contributed by atoms with Crippen molar-refractivity contribution in [2.45, 2.75) is 6.92 Å². The Morgan fingerprint density at radius 2 is 2.12 bits per heavy atom. The van der Waals surface area contributed by atoms with Crippen LogP contribution < -0.4 is 5.73 Å². The van der Waals surface area contributed by atoms with Crippen LogP contribution in [0.2, 0.25) is 0 Å². The molecule has 84 valence electrons. The Hall–Kier alpha value is -2.36. The van der Waals surface area contributed by atoms with Gasteiger partial charge < -0.3 is 10.7 Å². The van der Waals surface area contributed by atoms with Crippen molar-refractivity contribution in [2.24, 2.45) is 0 Å². The number of nitrogens with two attached hydrogens (primary N) is 1. The lowest BCUT2D eigenvalue weighted by atomic mass is 10.0. The van der Waals surface area contributed by atoms with E-state index in [1.807, 2.05) is 19.2 Å². The van der Waals surface area contributed by atoms with E-state index in [9.17, 15) is 0 Å². The van der Waals surface area contributed by atoms with Crippen LogP contribution in [0.3, 0.4) is 0 Å². The summed E-state index contributed by atoms with van der Waals surface area (Å²) in [6.07, 6.45) is 3.65. The summed E-state index contributed by atoms with van der Waals surface area (Å²) < 4.78 is 0. The van der Waals surface area contributed by atoms with Gasteiger partial charge in [-0.3, -0.25) is 0 Å². The summed E-state index contributed by atoms with van der Waals surface area (Å²) in [6.45, 7) is 1.99. The minimum atomic E-state index is 0.468. The van der Waals surface area contributed by atoms with Gasteiger partial charge in [0.05, 0.1) is 6.20 Å². The molecule has 2 aromatic heterocycles. The number of nitrogen functional groups attached to an aromatic ring is 1. The lowest BCUT2D eigenvalue weighted by Crippen LogP contribution is -1.98. The maximum absolute atomic E-state index is 5.89. The van der Waals surface area contributed by atoms with Gasteiger partial charge in [0.2, 0.25) is 0 Å². The highest BCUT2D eigenvalue weighted by atomic mass is 15.1. The van der Waals surface area contributed by atoms with Crippen molar-refractivity contribution < 1.29 is 0 Å². The average molecular weight is 224 g/mol. The number of anilines is 1. The maximum atomic E-state index is 5.89. The van der Waals surface area contributed by atoms with Gasteiger partial charge in [0.25, 0.3) is 0 Å². The molecule has 0 amide bonds. The molecule has 4 heteroatoms. The minimum absolute atomic E-state index is 0.468. The van der Waals surface area contributed by atoms with E-state index in [1.165, 1.54) is 5.39 Å². The third-order valence-corrected chi connectivity index (χ3v) is 2.91. The van der Waals surface area contributed by atoms with E-state index in [0.717, 1.165) is 22.2 Å². The maximum Gasteiger partial charge on any atom is 0.154 e. The first kappa shape index (κ1) is 9.84. The van der Waals surface area contributed by atoms with Gasteiger partial charge in [-0.05, 0) is 35.6 Å². The summed E-state index contributed by atoms with van der Waals surface area (Å²) >= 11 is 0. The predicted octanol–water partition coefficient (Wildman–Crippen LogP) is 2.52. The molecule has 0 unspecified atom stereocenters. The molecular formula is C13H12N4. The van der Waals surface area contributed by atoms with Crippen molar-refractivity contribution in [1.82, 2.24) is 15.2 Å². The summed E-state index contributed by atoms with van der Waals surface area (Å²) in [5.41, 5.74) is 10.0. The van der Waals surface area contributed by atoms with Crippen molar-refractivity contribution in [2.75, 3.05) is 5.73 Å². The third kappa shape index (κ3) is 1.54. The van der Waals surface area contributed by atoms with Crippen LogP contribution in [0.4, 0.5) is 5.82 Å². The SMILES string of the molecule is Cc1cnnc(N)c1-c1ccc2cc[nH]c2c1. The molecule has 4 nitrogen and oxygen atoms in total. The lowest BCUT2D eigenvalue weighted by molar-refractivity contribution is 1.03. The van der Waals surface area contributed by atoms with Crippen LogP contribution >= 0.6 is 0 Å². The Morgan fingerprint density at radius 3 is 2.94 bits per heavy atom. The topological polar surface area (TPSA) is 67.6 Å². The van der Waals surface area contributed by atoms with Gasteiger partial charge in [-0.15, -0.1) is 5.10 Å². The fraction of sp³-hybridized carbons (Fsp3) is 0.0769. The Labute approximate surface area is 98.5 Å². The van der Waals surface area contributed by atoms with Crippen LogP contribution in [-0.2, 0) is 0 Å². The van der Waals surface area contributed by atoms with E-state index >= 15 is 0 Å². The lowest BCUT2D eigenvalue weighted by Gasteiger charge is -2.07. The smallest absolute Gasteiger partial charge is 0.154 e. The number of aryl methyl sites for hydroxylation is 1. The molecule has 0 aliphatic carbocycles. The van der Waals surface area contributed by atoms with E-state index in [2.05, 4.69) is 33.4 Å². The number of H-pyrrole nitrogens is 1. The second kappa shape index (κ2) is 3.59. The molecule has 17 heavy (non-hydrogen) atoms. The van der Waals surface area contributed by atoms with Crippen LogP contribution in [0.25, 0.3) is 22.0 Å². The molecule has 0 saturated heterocycles. The predicted molar refractivity (Wildman–Crippen MR) is 68.5 cm³/mol. The fourth-order valence-corrected chi connectivity index (χ4v) is 2.07. The standard InChI is InChI=1S/C13H12N4/c1-8-7-16-17-13(14)12(8)10-3-2-9-4-5-15-11(9)6-10/h2-7,15H,1H3,(H2,14,17). The number of aromatic nitrogens is 3. The number of fused-ring (bicyclic) bond motifs is 1. The fourth-order valence-electron chi connectivity index (χ4n) is 2.07. The molecule has 0 aliphatic rings. The Kier molecular flexibility index (Phi) is 2.08. The van der Waals surface area contributed by atoms with Crippen LogP contribution in [0.5, 0.6) is 0 Å². The van der Waals surface area contributed by atoms with Crippen LogP contribution in [0.1, 0.15) is 5.56 Å². The van der Waals surface area contributed by atoms with Gasteiger partial charge in [-0.1, -0.05) is 12.1 Å². The van der Waals surface area contributed by atoms with Gasteiger partial charge in [-0.2, -0.15) is 5.10 Å². The zero-order chi connectivity index (χ0) is 11.8. The molecule has 1 aromatic carbocycles. The molecule has 0 radical (unpaired) electrons. The Balaban J connectivity index is 2.26. The molecule has 3 rings (SSSR count).